The molecule has 1 aliphatic heterocycles. The molecule has 1 saturated carbocycles. The number of carbonyl (C=O) groups excluding carboxylic acids is 1. The molecule has 116 valence electrons. The summed E-state index contributed by atoms with van der Waals surface area (Å²) in [6.45, 7) is 8.91. The molecule has 2 fully saturated rings. The topological polar surface area (TPSA) is 32.3 Å². The van der Waals surface area contributed by atoms with Crippen LogP contribution in [0.4, 0.5) is 0 Å². The Morgan fingerprint density at radius 1 is 1.25 bits per heavy atom. The maximum Gasteiger partial charge on any atom is 0.241 e. The highest BCUT2D eigenvalue weighted by Crippen LogP contribution is 2.34. The number of nitrogens with zero attached hydrogens (tertiary/aromatic N) is 1. The Balaban J connectivity index is 2.15. The van der Waals surface area contributed by atoms with Gasteiger partial charge in [-0.05, 0) is 38.0 Å². The molecule has 0 radical (unpaired) electrons. The molecule has 1 amide bonds. The van der Waals surface area contributed by atoms with Gasteiger partial charge in [-0.2, -0.15) is 0 Å². The molecular formula is C17H32N2O. The van der Waals surface area contributed by atoms with Crippen LogP contribution in [0, 0.1) is 11.8 Å². The maximum absolute atomic E-state index is 12.8. The molecule has 2 aliphatic rings. The minimum atomic E-state index is 0.0668. The number of nitrogens with one attached hydrogen (secondary N) is 1. The molecule has 1 N–H and O–H groups in total. The first kappa shape index (κ1) is 15.8. The van der Waals surface area contributed by atoms with Gasteiger partial charge in [-0.3, -0.25) is 10.1 Å². The molecule has 1 heterocycles. The molecule has 1 aliphatic carbocycles. The van der Waals surface area contributed by atoms with Crippen LogP contribution in [0.1, 0.15) is 72.6 Å². The van der Waals surface area contributed by atoms with Gasteiger partial charge in [0.1, 0.15) is 0 Å². The molecule has 2 rings (SSSR count). The Bertz CT molecular complexity index is 325. The highest BCUT2D eigenvalue weighted by atomic mass is 16.2. The van der Waals surface area contributed by atoms with Crippen LogP contribution in [0.3, 0.4) is 0 Å². The van der Waals surface area contributed by atoms with Crippen molar-refractivity contribution in [3.8, 4) is 0 Å². The lowest BCUT2D eigenvalue weighted by atomic mass is 9.96. The lowest BCUT2D eigenvalue weighted by Gasteiger charge is -2.36. The van der Waals surface area contributed by atoms with Crippen molar-refractivity contribution in [2.24, 2.45) is 11.8 Å². The lowest BCUT2D eigenvalue weighted by molar-refractivity contribution is -0.133. The van der Waals surface area contributed by atoms with Crippen molar-refractivity contribution in [1.82, 2.24) is 10.2 Å². The van der Waals surface area contributed by atoms with E-state index in [4.69, 9.17) is 0 Å². The van der Waals surface area contributed by atoms with Crippen molar-refractivity contribution in [2.45, 2.75) is 90.9 Å². The van der Waals surface area contributed by atoms with Gasteiger partial charge in [-0.1, -0.05) is 46.5 Å². The normalized spacial score (nSPS) is 31.0. The molecule has 20 heavy (non-hydrogen) atoms. The number of hydrogen-bond acceptors (Lipinski definition) is 2. The molecule has 3 nitrogen and oxygen atoms in total. The predicted molar refractivity (Wildman–Crippen MR) is 83.3 cm³/mol. The zero-order chi connectivity index (χ0) is 14.7. The van der Waals surface area contributed by atoms with Crippen LogP contribution in [-0.2, 0) is 4.79 Å². The van der Waals surface area contributed by atoms with Gasteiger partial charge in [0.25, 0.3) is 0 Å². The van der Waals surface area contributed by atoms with Crippen LogP contribution in [0.25, 0.3) is 0 Å². The molecule has 4 atom stereocenters. The number of rotatable bonds is 6. The Hall–Kier alpha value is -0.570. The van der Waals surface area contributed by atoms with Crippen LogP contribution in [0.5, 0.6) is 0 Å². The number of hydrogen-bond donors (Lipinski definition) is 1. The van der Waals surface area contributed by atoms with Gasteiger partial charge in [0.15, 0.2) is 0 Å². The second kappa shape index (κ2) is 6.93. The van der Waals surface area contributed by atoms with Crippen LogP contribution < -0.4 is 5.32 Å². The standard InChI is InChI=1S/C17H32N2O/c1-5-9-15-17(20)19(13(4)12(3)6-2)16(18-15)14-10-7-8-11-14/h12-16,18H,5-11H2,1-4H3. The third-order valence-corrected chi connectivity index (χ3v) is 5.55. The minimum Gasteiger partial charge on any atom is -0.323 e. The van der Waals surface area contributed by atoms with E-state index in [2.05, 4.69) is 37.9 Å². The van der Waals surface area contributed by atoms with Crippen molar-refractivity contribution in [3.63, 3.8) is 0 Å². The lowest BCUT2D eigenvalue weighted by Crippen LogP contribution is -2.49. The summed E-state index contributed by atoms with van der Waals surface area (Å²) in [6, 6.07) is 0.421. The molecule has 3 heteroatoms. The average Bonchev–Trinajstić information content (AvgIpc) is 3.06. The van der Waals surface area contributed by atoms with Gasteiger partial charge in [-0.25, -0.2) is 0 Å². The summed E-state index contributed by atoms with van der Waals surface area (Å²) < 4.78 is 0. The summed E-state index contributed by atoms with van der Waals surface area (Å²) in [6.07, 6.45) is 8.73. The van der Waals surface area contributed by atoms with Gasteiger partial charge < -0.3 is 4.90 Å². The highest BCUT2D eigenvalue weighted by molar-refractivity contribution is 5.84. The van der Waals surface area contributed by atoms with Gasteiger partial charge in [0.2, 0.25) is 5.91 Å². The summed E-state index contributed by atoms with van der Waals surface area (Å²) in [5, 5.41) is 3.67. The van der Waals surface area contributed by atoms with E-state index in [-0.39, 0.29) is 6.04 Å². The van der Waals surface area contributed by atoms with Crippen LogP contribution in [0.2, 0.25) is 0 Å². The summed E-state index contributed by atoms with van der Waals surface area (Å²) >= 11 is 0. The van der Waals surface area contributed by atoms with E-state index < -0.39 is 0 Å². The fourth-order valence-corrected chi connectivity index (χ4v) is 3.88. The van der Waals surface area contributed by atoms with Crippen molar-refractivity contribution >= 4 is 5.91 Å². The van der Waals surface area contributed by atoms with E-state index in [1.54, 1.807) is 0 Å². The fourth-order valence-electron chi connectivity index (χ4n) is 3.88. The van der Waals surface area contributed by atoms with Crippen molar-refractivity contribution in [1.29, 1.82) is 0 Å². The third kappa shape index (κ3) is 3.03. The second-order valence-corrected chi connectivity index (χ2v) is 6.87. The van der Waals surface area contributed by atoms with Crippen molar-refractivity contribution in [3.05, 3.63) is 0 Å². The Morgan fingerprint density at radius 3 is 2.45 bits per heavy atom. The van der Waals surface area contributed by atoms with Gasteiger partial charge in [0, 0.05) is 6.04 Å². The fraction of sp³-hybridized carbons (Fsp3) is 0.941. The van der Waals surface area contributed by atoms with Crippen LogP contribution >= 0.6 is 0 Å². The Labute approximate surface area is 124 Å². The van der Waals surface area contributed by atoms with Gasteiger partial charge in [0.05, 0.1) is 12.2 Å². The average molecular weight is 280 g/mol. The molecule has 0 spiro atoms. The van der Waals surface area contributed by atoms with E-state index in [1.165, 1.54) is 25.7 Å². The molecular weight excluding hydrogens is 248 g/mol. The van der Waals surface area contributed by atoms with E-state index in [0.29, 0.717) is 30.0 Å². The smallest absolute Gasteiger partial charge is 0.241 e. The van der Waals surface area contributed by atoms with Crippen molar-refractivity contribution in [2.75, 3.05) is 0 Å². The quantitative estimate of drug-likeness (QED) is 0.807. The molecule has 0 bridgehead atoms. The number of carbonyl (C=O) groups is 1. The predicted octanol–water partition coefficient (Wildman–Crippen LogP) is 3.54. The summed E-state index contributed by atoms with van der Waals surface area (Å²) in [4.78, 5) is 15.0. The first-order valence-electron chi connectivity index (χ1n) is 8.68. The van der Waals surface area contributed by atoms with Crippen LogP contribution in [-0.4, -0.2) is 29.1 Å². The van der Waals surface area contributed by atoms with Crippen LogP contribution in [0.15, 0.2) is 0 Å². The molecule has 0 aromatic heterocycles. The van der Waals surface area contributed by atoms with E-state index in [0.717, 1.165) is 19.3 Å². The minimum absolute atomic E-state index is 0.0668. The first-order chi connectivity index (χ1) is 9.60. The molecule has 4 unspecified atom stereocenters. The first-order valence-corrected chi connectivity index (χ1v) is 8.68. The van der Waals surface area contributed by atoms with Gasteiger partial charge >= 0.3 is 0 Å². The monoisotopic (exact) mass is 280 g/mol. The Kier molecular flexibility index (Phi) is 5.48. The maximum atomic E-state index is 12.8. The van der Waals surface area contributed by atoms with E-state index in [1.807, 2.05) is 0 Å². The van der Waals surface area contributed by atoms with Gasteiger partial charge in [-0.15, -0.1) is 0 Å². The van der Waals surface area contributed by atoms with Crippen molar-refractivity contribution < 1.29 is 4.79 Å². The number of amides is 1. The molecule has 1 saturated heterocycles. The Morgan fingerprint density at radius 2 is 1.90 bits per heavy atom. The SMILES string of the molecule is CCCC1NC(C2CCCC2)N(C(C)C(C)CC)C1=O. The zero-order valence-corrected chi connectivity index (χ0v) is 13.7. The van der Waals surface area contributed by atoms with E-state index >= 15 is 0 Å². The highest BCUT2D eigenvalue weighted by Gasteiger charge is 2.45. The third-order valence-electron chi connectivity index (χ3n) is 5.55. The van der Waals surface area contributed by atoms with E-state index in [9.17, 15) is 4.79 Å². The summed E-state index contributed by atoms with van der Waals surface area (Å²) in [5.74, 6) is 1.61. The zero-order valence-electron chi connectivity index (χ0n) is 13.7. The molecule has 0 aromatic carbocycles. The summed E-state index contributed by atoms with van der Waals surface area (Å²) in [5.41, 5.74) is 0. The second-order valence-electron chi connectivity index (χ2n) is 6.87. The summed E-state index contributed by atoms with van der Waals surface area (Å²) in [7, 11) is 0. The molecule has 0 aromatic rings. The largest absolute Gasteiger partial charge is 0.323 e.